The Morgan fingerprint density at radius 1 is 1.38 bits per heavy atom. The largest absolute Gasteiger partial charge is 0.365 e. The van der Waals surface area contributed by atoms with Crippen LogP contribution in [0.5, 0.6) is 0 Å². The van der Waals surface area contributed by atoms with E-state index in [1.165, 1.54) is 13.8 Å². The zero-order valence-electron chi connectivity index (χ0n) is 10.8. The molecule has 0 fully saturated rings. The van der Waals surface area contributed by atoms with Crippen LogP contribution in [0.15, 0.2) is 0 Å². The molecular formula is C11H25O4P. The molecule has 1 N–H and O–H groups in total. The molecule has 0 aromatic carbocycles. The molecule has 0 bridgehead atoms. The molecule has 0 radical (unpaired) electrons. The second-order valence-electron chi connectivity index (χ2n) is 4.53. The highest BCUT2D eigenvalue weighted by atomic mass is 31.1. The van der Waals surface area contributed by atoms with E-state index in [0.717, 1.165) is 25.7 Å². The summed E-state index contributed by atoms with van der Waals surface area (Å²) in [5.41, 5.74) is 0. The van der Waals surface area contributed by atoms with Crippen LogP contribution in [-0.4, -0.2) is 17.5 Å². The Bertz CT molecular complexity index is 201. The minimum Gasteiger partial charge on any atom is -0.365 e. The van der Waals surface area contributed by atoms with E-state index in [4.69, 9.17) is 9.05 Å². The van der Waals surface area contributed by atoms with Gasteiger partial charge < -0.3 is 9.63 Å². The summed E-state index contributed by atoms with van der Waals surface area (Å²) in [7, 11) is -2.58. The van der Waals surface area contributed by atoms with Crippen LogP contribution < -0.4 is 0 Å². The van der Waals surface area contributed by atoms with Crippen LogP contribution in [0.4, 0.5) is 0 Å². The molecule has 4 nitrogen and oxygen atoms in total. The first kappa shape index (κ1) is 16.1. The third-order valence-electron chi connectivity index (χ3n) is 2.31. The number of unbranched alkanes of at least 4 members (excludes halogenated alkanes) is 1. The first-order valence-electron chi connectivity index (χ1n) is 5.97. The van der Waals surface area contributed by atoms with Crippen molar-refractivity contribution >= 4 is 8.25 Å². The van der Waals surface area contributed by atoms with Crippen molar-refractivity contribution in [1.82, 2.24) is 0 Å². The van der Waals surface area contributed by atoms with Crippen LogP contribution in [0.2, 0.25) is 0 Å². The molecule has 2 atom stereocenters. The fraction of sp³-hybridized carbons (Fsp3) is 1.00. The molecule has 0 saturated carbocycles. The van der Waals surface area contributed by atoms with Crippen molar-refractivity contribution in [3.63, 3.8) is 0 Å². The molecule has 2 unspecified atom stereocenters. The van der Waals surface area contributed by atoms with Crippen molar-refractivity contribution < 1.29 is 18.7 Å². The predicted molar refractivity (Wildman–Crippen MR) is 65.6 cm³/mol. The molecular weight excluding hydrogens is 227 g/mol. The molecule has 0 heterocycles. The minimum atomic E-state index is -2.58. The average Bonchev–Trinajstić information content (AvgIpc) is 2.15. The smallest absolute Gasteiger partial charge is 0.321 e. The van der Waals surface area contributed by atoms with Crippen LogP contribution in [-0.2, 0) is 13.6 Å². The van der Waals surface area contributed by atoms with E-state index in [1.54, 1.807) is 0 Å². The highest BCUT2D eigenvalue weighted by Crippen LogP contribution is 2.31. The van der Waals surface area contributed by atoms with Gasteiger partial charge in [-0.3, -0.25) is 9.09 Å². The van der Waals surface area contributed by atoms with Crippen LogP contribution in [0.1, 0.15) is 53.4 Å². The van der Waals surface area contributed by atoms with Gasteiger partial charge in [0.1, 0.15) is 0 Å². The van der Waals surface area contributed by atoms with Gasteiger partial charge in [-0.15, -0.1) is 0 Å². The van der Waals surface area contributed by atoms with Gasteiger partial charge in [-0.05, 0) is 26.2 Å². The standard InChI is InChI=1S/C11H25O4P/c1-5-7-8-10(6-2)9-14-16(13)15-11(3,4)12/h10,12,16H,5-9H2,1-4H3. The van der Waals surface area contributed by atoms with E-state index in [2.05, 4.69) is 13.8 Å². The summed E-state index contributed by atoms with van der Waals surface area (Å²) in [4.78, 5) is 0. The van der Waals surface area contributed by atoms with Crippen LogP contribution >= 0.6 is 8.25 Å². The molecule has 0 spiro atoms. The van der Waals surface area contributed by atoms with Gasteiger partial charge in [0, 0.05) is 0 Å². The third kappa shape index (κ3) is 9.34. The molecule has 0 aromatic heterocycles. The molecule has 0 aliphatic heterocycles. The lowest BCUT2D eigenvalue weighted by Crippen LogP contribution is -2.20. The monoisotopic (exact) mass is 252 g/mol. The summed E-state index contributed by atoms with van der Waals surface area (Å²) in [6.45, 7) is 7.57. The number of rotatable bonds is 9. The lowest BCUT2D eigenvalue weighted by Gasteiger charge is -2.19. The maximum absolute atomic E-state index is 11.3. The Morgan fingerprint density at radius 2 is 2.00 bits per heavy atom. The van der Waals surface area contributed by atoms with Gasteiger partial charge in [0.05, 0.1) is 6.61 Å². The van der Waals surface area contributed by atoms with Crippen molar-refractivity contribution in [3.8, 4) is 0 Å². The van der Waals surface area contributed by atoms with E-state index in [1.807, 2.05) is 0 Å². The van der Waals surface area contributed by atoms with Crippen molar-refractivity contribution in [1.29, 1.82) is 0 Å². The van der Waals surface area contributed by atoms with Gasteiger partial charge in [-0.1, -0.05) is 33.1 Å². The molecule has 0 aromatic rings. The lowest BCUT2D eigenvalue weighted by molar-refractivity contribution is -0.107. The van der Waals surface area contributed by atoms with Gasteiger partial charge in [0.25, 0.3) is 0 Å². The van der Waals surface area contributed by atoms with Crippen molar-refractivity contribution in [2.45, 2.75) is 59.2 Å². The van der Waals surface area contributed by atoms with Crippen molar-refractivity contribution in [3.05, 3.63) is 0 Å². The molecule has 0 rings (SSSR count). The molecule has 0 aliphatic rings. The Balaban J connectivity index is 3.79. The van der Waals surface area contributed by atoms with Crippen molar-refractivity contribution in [2.75, 3.05) is 6.61 Å². The molecule has 16 heavy (non-hydrogen) atoms. The Kier molecular flexibility index (Phi) is 8.29. The zero-order valence-corrected chi connectivity index (χ0v) is 11.8. The second-order valence-corrected chi connectivity index (χ2v) is 5.52. The number of hydrogen-bond acceptors (Lipinski definition) is 4. The van der Waals surface area contributed by atoms with Crippen molar-refractivity contribution in [2.24, 2.45) is 5.92 Å². The van der Waals surface area contributed by atoms with Gasteiger partial charge in [0.2, 0.25) is 0 Å². The summed E-state index contributed by atoms with van der Waals surface area (Å²) < 4.78 is 21.3. The Morgan fingerprint density at radius 3 is 2.44 bits per heavy atom. The van der Waals surface area contributed by atoms with E-state index >= 15 is 0 Å². The number of hydrogen-bond donors (Lipinski definition) is 1. The first-order valence-corrected chi connectivity index (χ1v) is 7.19. The summed E-state index contributed by atoms with van der Waals surface area (Å²) in [6, 6.07) is 0. The van der Waals surface area contributed by atoms with E-state index in [0.29, 0.717) is 12.5 Å². The summed E-state index contributed by atoms with van der Waals surface area (Å²) in [5, 5.41) is 9.28. The van der Waals surface area contributed by atoms with Gasteiger partial charge in [-0.2, -0.15) is 0 Å². The summed E-state index contributed by atoms with van der Waals surface area (Å²) in [5.74, 6) is -0.958. The quantitative estimate of drug-likeness (QED) is 0.505. The van der Waals surface area contributed by atoms with Gasteiger partial charge >= 0.3 is 8.25 Å². The third-order valence-corrected chi connectivity index (χ3v) is 3.38. The minimum absolute atomic E-state index is 0.430. The first-order chi connectivity index (χ1) is 7.39. The van der Waals surface area contributed by atoms with Gasteiger partial charge in [-0.25, -0.2) is 0 Å². The van der Waals surface area contributed by atoms with E-state index in [-0.39, 0.29) is 0 Å². The second kappa shape index (κ2) is 8.24. The summed E-state index contributed by atoms with van der Waals surface area (Å²) in [6.07, 6.45) is 4.42. The highest BCUT2D eigenvalue weighted by Gasteiger charge is 2.18. The summed E-state index contributed by atoms with van der Waals surface area (Å²) >= 11 is 0. The van der Waals surface area contributed by atoms with Crippen LogP contribution in [0.3, 0.4) is 0 Å². The highest BCUT2D eigenvalue weighted by molar-refractivity contribution is 7.33. The Labute approximate surface area is 99.3 Å². The lowest BCUT2D eigenvalue weighted by atomic mass is 10.0. The average molecular weight is 252 g/mol. The molecule has 0 amide bonds. The molecule has 0 saturated heterocycles. The van der Waals surface area contributed by atoms with E-state index in [9.17, 15) is 9.67 Å². The van der Waals surface area contributed by atoms with Gasteiger partial charge in [0.15, 0.2) is 5.79 Å². The van der Waals surface area contributed by atoms with Crippen LogP contribution in [0.25, 0.3) is 0 Å². The van der Waals surface area contributed by atoms with E-state index < -0.39 is 14.0 Å². The molecule has 98 valence electrons. The fourth-order valence-electron chi connectivity index (χ4n) is 1.32. The fourth-order valence-corrected chi connectivity index (χ4v) is 2.16. The SMILES string of the molecule is CCCCC(CC)CO[PH](=O)OC(C)(C)O. The van der Waals surface area contributed by atoms with Crippen LogP contribution in [0, 0.1) is 5.92 Å². The maximum Gasteiger partial charge on any atom is 0.321 e. The topological polar surface area (TPSA) is 55.8 Å². The normalized spacial score (nSPS) is 16.1. The number of aliphatic hydroxyl groups is 1. The Hall–Kier alpha value is 0.110. The maximum atomic E-state index is 11.3. The molecule has 0 aliphatic carbocycles. The predicted octanol–water partition coefficient (Wildman–Crippen LogP) is 3.35. The molecule has 5 heteroatoms. The zero-order chi connectivity index (χ0) is 12.6.